The Morgan fingerprint density at radius 1 is 1.24 bits per heavy atom. The zero-order valence-electron chi connectivity index (χ0n) is 11.7. The van der Waals surface area contributed by atoms with Gasteiger partial charge in [-0.3, -0.25) is 0 Å². The maximum atomic E-state index is 10.6. The van der Waals surface area contributed by atoms with E-state index < -0.39 is 5.97 Å². The summed E-state index contributed by atoms with van der Waals surface area (Å²) in [5.41, 5.74) is 1.18. The molecular weight excluding hydrogens is 270 g/mol. The fraction of sp³-hybridized carbons (Fsp3) is 0.267. The predicted molar refractivity (Wildman–Crippen MR) is 78.8 cm³/mol. The summed E-state index contributed by atoms with van der Waals surface area (Å²) in [6.07, 6.45) is 4.55. The minimum Gasteiger partial charge on any atom is -0.497 e. The lowest BCUT2D eigenvalue weighted by Crippen LogP contribution is -2.07. The van der Waals surface area contributed by atoms with Crippen LogP contribution in [0.2, 0.25) is 0 Å². The third-order valence-corrected chi connectivity index (χ3v) is 2.98. The van der Waals surface area contributed by atoms with Crippen LogP contribution in [0.25, 0.3) is 0 Å². The van der Waals surface area contributed by atoms with E-state index in [2.05, 4.69) is 15.3 Å². The van der Waals surface area contributed by atoms with Crippen molar-refractivity contribution in [2.45, 2.75) is 12.8 Å². The van der Waals surface area contributed by atoms with Crippen molar-refractivity contribution < 1.29 is 14.6 Å². The van der Waals surface area contributed by atoms with Crippen molar-refractivity contribution >= 4 is 11.8 Å². The molecule has 6 heteroatoms. The molecule has 1 aromatic carbocycles. The van der Waals surface area contributed by atoms with Crippen LogP contribution in [0.1, 0.15) is 22.5 Å². The van der Waals surface area contributed by atoms with Crippen molar-refractivity contribution in [3.8, 4) is 5.75 Å². The molecule has 1 heterocycles. The summed E-state index contributed by atoms with van der Waals surface area (Å²) in [5, 5.41) is 11.8. The van der Waals surface area contributed by atoms with E-state index in [-0.39, 0.29) is 5.69 Å². The van der Waals surface area contributed by atoms with Gasteiger partial charge in [-0.1, -0.05) is 12.1 Å². The van der Waals surface area contributed by atoms with Crippen molar-refractivity contribution in [3.05, 3.63) is 47.9 Å². The van der Waals surface area contributed by atoms with E-state index in [1.165, 1.54) is 18.0 Å². The fourth-order valence-electron chi connectivity index (χ4n) is 1.83. The van der Waals surface area contributed by atoms with Crippen LogP contribution in [-0.2, 0) is 6.42 Å². The van der Waals surface area contributed by atoms with E-state index in [0.29, 0.717) is 5.82 Å². The van der Waals surface area contributed by atoms with Crippen LogP contribution in [0.15, 0.2) is 36.7 Å². The first-order chi connectivity index (χ1) is 10.2. The quantitative estimate of drug-likeness (QED) is 0.760. The molecule has 0 fully saturated rings. The second-order valence-corrected chi connectivity index (χ2v) is 4.47. The zero-order valence-corrected chi connectivity index (χ0v) is 11.7. The Bertz CT molecular complexity index is 582. The first kappa shape index (κ1) is 14.8. The number of nitrogens with one attached hydrogen (secondary N) is 1. The van der Waals surface area contributed by atoms with Gasteiger partial charge < -0.3 is 15.2 Å². The fourth-order valence-corrected chi connectivity index (χ4v) is 1.83. The highest BCUT2D eigenvalue weighted by Crippen LogP contribution is 2.12. The number of aryl methyl sites for hydroxylation is 1. The molecule has 2 N–H and O–H groups in total. The average Bonchev–Trinajstić information content (AvgIpc) is 2.52. The second kappa shape index (κ2) is 7.23. The number of carbonyl (C=O) groups is 1. The molecule has 21 heavy (non-hydrogen) atoms. The van der Waals surface area contributed by atoms with Crippen LogP contribution in [-0.4, -0.2) is 34.7 Å². The van der Waals surface area contributed by atoms with Gasteiger partial charge in [0.05, 0.1) is 19.5 Å². The summed E-state index contributed by atoms with van der Waals surface area (Å²) < 4.78 is 5.11. The summed E-state index contributed by atoms with van der Waals surface area (Å²) >= 11 is 0. The van der Waals surface area contributed by atoms with Crippen LogP contribution in [0.5, 0.6) is 5.75 Å². The number of ether oxygens (including phenoxy) is 1. The first-order valence-electron chi connectivity index (χ1n) is 6.61. The highest BCUT2D eigenvalue weighted by Gasteiger charge is 2.04. The maximum Gasteiger partial charge on any atom is 0.356 e. The molecule has 2 rings (SSSR count). The average molecular weight is 287 g/mol. The number of nitrogens with zero attached hydrogens (tertiary/aromatic N) is 2. The Labute approximate surface area is 122 Å². The summed E-state index contributed by atoms with van der Waals surface area (Å²) in [7, 11) is 1.65. The third-order valence-electron chi connectivity index (χ3n) is 2.98. The molecule has 0 saturated heterocycles. The topological polar surface area (TPSA) is 84.3 Å². The lowest BCUT2D eigenvalue weighted by atomic mass is 10.1. The molecule has 6 nitrogen and oxygen atoms in total. The van der Waals surface area contributed by atoms with Gasteiger partial charge in [0.25, 0.3) is 0 Å². The zero-order chi connectivity index (χ0) is 15.1. The van der Waals surface area contributed by atoms with Gasteiger partial charge in [-0.2, -0.15) is 0 Å². The lowest BCUT2D eigenvalue weighted by molar-refractivity contribution is 0.0690. The van der Waals surface area contributed by atoms with Crippen molar-refractivity contribution in [2.75, 3.05) is 19.0 Å². The second-order valence-electron chi connectivity index (χ2n) is 4.47. The Balaban J connectivity index is 1.74. The van der Waals surface area contributed by atoms with Crippen molar-refractivity contribution in [1.29, 1.82) is 0 Å². The Morgan fingerprint density at radius 2 is 2.00 bits per heavy atom. The van der Waals surface area contributed by atoms with Gasteiger partial charge in [0.15, 0.2) is 5.69 Å². The van der Waals surface area contributed by atoms with Gasteiger partial charge in [0.1, 0.15) is 11.6 Å². The Morgan fingerprint density at radius 3 is 2.57 bits per heavy atom. The van der Waals surface area contributed by atoms with E-state index in [1.807, 2.05) is 24.3 Å². The van der Waals surface area contributed by atoms with Gasteiger partial charge in [-0.05, 0) is 30.5 Å². The molecule has 0 amide bonds. The van der Waals surface area contributed by atoms with E-state index in [1.54, 1.807) is 7.11 Å². The van der Waals surface area contributed by atoms with Gasteiger partial charge in [-0.25, -0.2) is 14.8 Å². The van der Waals surface area contributed by atoms with Crippen molar-refractivity contribution in [3.63, 3.8) is 0 Å². The smallest absolute Gasteiger partial charge is 0.356 e. The molecule has 0 saturated carbocycles. The summed E-state index contributed by atoms with van der Waals surface area (Å²) in [6, 6.07) is 7.97. The standard InChI is InChI=1S/C15H17N3O3/c1-21-12-6-4-11(5-7-12)3-2-8-16-14-10-17-13(9-18-14)15(19)20/h4-7,9-10H,2-3,8H2,1H3,(H,16,18)(H,19,20). The number of rotatable bonds is 7. The monoisotopic (exact) mass is 287 g/mol. The number of anilines is 1. The van der Waals surface area contributed by atoms with Crippen LogP contribution in [0.3, 0.4) is 0 Å². The van der Waals surface area contributed by atoms with Gasteiger partial charge in [-0.15, -0.1) is 0 Å². The van der Waals surface area contributed by atoms with Crippen LogP contribution >= 0.6 is 0 Å². The molecule has 0 aliphatic rings. The molecular formula is C15H17N3O3. The summed E-state index contributed by atoms with van der Waals surface area (Å²) in [6.45, 7) is 0.743. The number of hydrogen-bond acceptors (Lipinski definition) is 5. The molecule has 110 valence electrons. The number of hydrogen-bond donors (Lipinski definition) is 2. The van der Waals surface area contributed by atoms with E-state index in [0.717, 1.165) is 25.1 Å². The van der Waals surface area contributed by atoms with E-state index in [9.17, 15) is 4.79 Å². The van der Waals surface area contributed by atoms with Crippen LogP contribution in [0, 0.1) is 0 Å². The Kier molecular flexibility index (Phi) is 5.09. The predicted octanol–water partition coefficient (Wildman–Crippen LogP) is 2.23. The highest BCUT2D eigenvalue weighted by atomic mass is 16.5. The third kappa shape index (κ3) is 4.45. The van der Waals surface area contributed by atoms with Crippen molar-refractivity contribution in [1.82, 2.24) is 9.97 Å². The number of aromatic carboxylic acids is 1. The number of aromatic nitrogens is 2. The van der Waals surface area contributed by atoms with Crippen LogP contribution in [0.4, 0.5) is 5.82 Å². The van der Waals surface area contributed by atoms with Crippen molar-refractivity contribution in [2.24, 2.45) is 0 Å². The molecule has 0 aliphatic carbocycles. The molecule has 0 spiro atoms. The van der Waals surface area contributed by atoms with E-state index in [4.69, 9.17) is 9.84 Å². The summed E-state index contributed by atoms with van der Waals surface area (Å²) in [4.78, 5) is 18.4. The van der Waals surface area contributed by atoms with E-state index >= 15 is 0 Å². The lowest BCUT2D eigenvalue weighted by Gasteiger charge is -2.06. The highest BCUT2D eigenvalue weighted by molar-refractivity contribution is 5.84. The number of benzene rings is 1. The Hall–Kier alpha value is -2.63. The van der Waals surface area contributed by atoms with Gasteiger partial charge >= 0.3 is 5.97 Å². The molecule has 0 atom stereocenters. The normalized spacial score (nSPS) is 10.1. The minimum absolute atomic E-state index is 0.0567. The van der Waals surface area contributed by atoms with Gasteiger partial charge in [0.2, 0.25) is 0 Å². The number of methoxy groups -OCH3 is 1. The number of carboxylic acid groups (broad SMARTS) is 1. The SMILES string of the molecule is COc1ccc(CCCNc2cnc(C(=O)O)cn2)cc1. The molecule has 0 aliphatic heterocycles. The maximum absolute atomic E-state index is 10.6. The molecule has 1 aromatic heterocycles. The number of carboxylic acids is 1. The molecule has 0 radical (unpaired) electrons. The summed E-state index contributed by atoms with van der Waals surface area (Å²) in [5.74, 6) is 0.356. The molecule has 2 aromatic rings. The molecule has 0 unspecified atom stereocenters. The largest absolute Gasteiger partial charge is 0.497 e. The first-order valence-corrected chi connectivity index (χ1v) is 6.61. The molecule has 0 bridgehead atoms. The van der Waals surface area contributed by atoms with Crippen LogP contribution < -0.4 is 10.1 Å². The minimum atomic E-state index is -1.08. The van der Waals surface area contributed by atoms with Gasteiger partial charge in [0, 0.05) is 6.54 Å².